The average Bonchev–Trinajstić information content (AvgIpc) is 1.83. The first-order valence-corrected chi connectivity index (χ1v) is 4.12. The van der Waals surface area contributed by atoms with Gasteiger partial charge in [0.2, 0.25) is 0 Å². The van der Waals surface area contributed by atoms with Gasteiger partial charge in [-0.05, 0) is 0 Å². The largest absolute Gasteiger partial charge is 0.447 e. The van der Waals surface area contributed by atoms with Crippen LogP contribution in [-0.4, -0.2) is 23.5 Å². The molecule has 5 heteroatoms. The van der Waals surface area contributed by atoms with Crippen LogP contribution in [0.15, 0.2) is 0 Å². The molecule has 0 aromatic carbocycles. The van der Waals surface area contributed by atoms with Gasteiger partial charge in [-0.1, -0.05) is 31.9 Å². The summed E-state index contributed by atoms with van der Waals surface area (Å²) in [6.07, 6.45) is -0.418. The lowest BCUT2D eigenvalue weighted by Gasteiger charge is -2.02. The molecule has 54 valence electrons. The monoisotopic (exact) mass is 259 g/mol. The summed E-state index contributed by atoms with van der Waals surface area (Å²) in [6, 6.07) is 0. The highest BCUT2D eigenvalue weighted by atomic mass is 79.9. The number of amides is 1. The summed E-state index contributed by atoms with van der Waals surface area (Å²) in [6.45, 7) is 0.319. The summed E-state index contributed by atoms with van der Waals surface area (Å²) in [5.74, 6) is 0. The SMILES string of the molecule is CNC(=O)OCC(Br)Br. The van der Waals surface area contributed by atoms with Gasteiger partial charge in [-0.15, -0.1) is 0 Å². The van der Waals surface area contributed by atoms with Crippen molar-refractivity contribution in [2.24, 2.45) is 0 Å². The van der Waals surface area contributed by atoms with Crippen molar-refractivity contribution < 1.29 is 9.53 Å². The van der Waals surface area contributed by atoms with Crippen LogP contribution in [0.3, 0.4) is 0 Å². The Balaban J connectivity index is 3.17. The minimum Gasteiger partial charge on any atom is -0.447 e. The summed E-state index contributed by atoms with van der Waals surface area (Å²) in [5, 5.41) is 2.32. The van der Waals surface area contributed by atoms with Gasteiger partial charge in [0.1, 0.15) is 10.3 Å². The van der Waals surface area contributed by atoms with E-state index in [1.165, 1.54) is 7.05 Å². The molecule has 0 spiro atoms. The Morgan fingerprint density at radius 2 is 2.33 bits per heavy atom. The molecule has 0 aliphatic carbocycles. The summed E-state index contributed by atoms with van der Waals surface area (Å²) in [7, 11) is 1.51. The van der Waals surface area contributed by atoms with E-state index in [0.29, 0.717) is 6.61 Å². The van der Waals surface area contributed by atoms with Crippen molar-refractivity contribution >= 4 is 38.0 Å². The number of alkyl halides is 2. The molecule has 0 radical (unpaired) electrons. The predicted molar refractivity (Wildman–Crippen MR) is 42.0 cm³/mol. The van der Waals surface area contributed by atoms with Gasteiger partial charge in [0.25, 0.3) is 0 Å². The molecule has 0 saturated carbocycles. The van der Waals surface area contributed by atoms with E-state index in [2.05, 4.69) is 41.9 Å². The van der Waals surface area contributed by atoms with E-state index in [4.69, 9.17) is 0 Å². The van der Waals surface area contributed by atoms with Gasteiger partial charge in [-0.25, -0.2) is 4.79 Å². The van der Waals surface area contributed by atoms with Crippen LogP contribution in [0.4, 0.5) is 4.79 Å². The zero-order valence-electron chi connectivity index (χ0n) is 4.86. The van der Waals surface area contributed by atoms with Crippen LogP contribution in [0.5, 0.6) is 0 Å². The van der Waals surface area contributed by atoms with Crippen LogP contribution in [0.25, 0.3) is 0 Å². The van der Waals surface area contributed by atoms with Crippen molar-refractivity contribution in [1.82, 2.24) is 5.32 Å². The number of halogens is 2. The van der Waals surface area contributed by atoms with Gasteiger partial charge in [-0.3, -0.25) is 0 Å². The lowest BCUT2D eigenvalue weighted by molar-refractivity contribution is 0.154. The van der Waals surface area contributed by atoms with Crippen LogP contribution < -0.4 is 5.32 Å². The van der Waals surface area contributed by atoms with Crippen LogP contribution in [0.2, 0.25) is 0 Å². The molecule has 1 N–H and O–H groups in total. The second kappa shape index (κ2) is 5.05. The molecular formula is C4H7Br2NO2. The Morgan fingerprint density at radius 1 is 1.78 bits per heavy atom. The van der Waals surface area contributed by atoms with Crippen molar-refractivity contribution in [3.05, 3.63) is 0 Å². The highest BCUT2D eigenvalue weighted by molar-refractivity contribution is 9.24. The third-order valence-electron chi connectivity index (χ3n) is 0.545. The zero-order chi connectivity index (χ0) is 7.28. The molecule has 3 nitrogen and oxygen atoms in total. The number of hydrogen-bond acceptors (Lipinski definition) is 2. The Morgan fingerprint density at radius 3 is 2.67 bits per heavy atom. The maximum Gasteiger partial charge on any atom is 0.406 e. The maximum atomic E-state index is 10.3. The fraction of sp³-hybridized carbons (Fsp3) is 0.750. The number of alkyl carbamates (subject to hydrolysis) is 1. The lowest BCUT2D eigenvalue weighted by atomic mass is 10.8. The number of hydrogen-bond donors (Lipinski definition) is 1. The molecule has 0 fully saturated rings. The Bertz CT molecular complexity index is 96.6. The molecule has 0 bridgehead atoms. The van der Waals surface area contributed by atoms with E-state index < -0.39 is 6.09 Å². The third-order valence-corrected chi connectivity index (χ3v) is 1.07. The van der Waals surface area contributed by atoms with Gasteiger partial charge in [0, 0.05) is 7.05 Å². The van der Waals surface area contributed by atoms with Crippen LogP contribution in [0.1, 0.15) is 0 Å². The molecule has 0 aromatic heterocycles. The zero-order valence-corrected chi connectivity index (χ0v) is 8.03. The first-order chi connectivity index (χ1) is 4.16. The summed E-state index contributed by atoms with van der Waals surface area (Å²) >= 11 is 6.29. The smallest absolute Gasteiger partial charge is 0.406 e. The molecule has 0 aliphatic rings. The first-order valence-electron chi connectivity index (χ1n) is 2.29. The molecule has 9 heavy (non-hydrogen) atoms. The van der Waals surface area contributed by atoms with Crippen LogP contribution in [-0.2, 0) is 4.74 Å². The topological polar surface area (TPSA) is 38.3 Å². The normalized spacial score (nSPS) is 9.33. The van der Waals surface area contributed by atoms with Gasteiger partial charge in [0.05, 0.1) is 0 Å². The van der Waals surface area contributed by atoms with E-state index >= 15 is 0 Å². The third kappa shape index (κ3) is 6.11. The second-order valence-electron chi connectivity index (χ2n) is 1.24. The van der Waals surface area contributed by atoms with Crippen LogP contribution >= 0.6 is 31.9 Å². The molecule has 0 unspecified atom stereocenters. The molecule has 0 heterocycles. The quantitative estimate of drug-likeness (QED) is 0.764. The van der Waals surface area contributed by atoms with E-state index in [0.717, 1.165) is 0 Å². The minimum atomic E-state index is -0.418. The highest BCUT2D eigenvalue weighted by Gasteiger charge is 2.01. The summed E-state index contributed by atoms with van der Waals surface area (Å²) < 4.78 is 4.64. The van der Waals surface area contributed by atoms with Crippen molar-refractivity contribution in [2.45, 2.75) is 3.74 Å². The number of ether oxygens (including phenoxy) is 1. The van der Waals surface area contributed by atoms with Gasteiger partial charge in [0.15, 0.2) is 0 Å². The van der Waals surface area contributed by atoms with Gasteiger partial charge in [-0.2, -0.15) is 0 Å². The van der Waals surface area contributed by atoms with Crippen LogP contribution in [0, 0.1) is 0 Å². The van der Waals surface area contributed by atoms with Crippen molar-refractivity contribution in [3.8, 4) is 0 Å². The molecule has 0 rings (SSSR count). The standard InChI is InChI=1S/C4H7Br2NO2/c1-7-4(8)9-2-3(5)6/h3H,2H2,1H3,(H,7,8). The molecule has 0 aromatic rings. The van der Waals surface area contributed by atoms with Gasteiger partial charge >= 0.3 is 6.09 Å². The highest BCUT2D eigenvalue weighted by Crippen LogP contribution is 2.07. The minimum absolute atomic E-state index is 0.0299. The lowest BCUT2D eigenvalue weighted by Crippen LogP contribution is -2.21. The molecule has 0 saturated heterocycles. The van der Waals surface area contributed by atoms with E-state index in [1.54, 1.807) is 0 Å². The molecule has 0 aliphatic heterocycles. The number of carbonyl (C=O) groups excluding carboxylic acids is 1. The number of carbonyl (C=O) groups is 1. The van der Waals surface area contributed by atoms with Crippen molar-refractivity contribution in [3.63, 3.8) is 0 Å². The van der Waals surface area contributed by atoms with Crippen molar-refractivity contribution in [2.75, 3.05) is 13.7 Å². The van der Waals surface area contributed by atoms with E-state index in [9.17, 15) is 4.79 Å². The fourth-order valence-corrected chi connectivity index (χ4v) is 0.475. The maximum absolute atomic E-state index is 10.3. The predicted octanol–water partition coefficient (Wildman–Crippen LogP) is 1.46. The van der Waals surface area contributed by atoms with Gasteiger partial charge < -0.3 is 10.1 Å². The Hall–Kier alpha value is 0.230. The molecular weight excluding hydrogens is 254 g/mol. The van der Waals surface area contributed by atoms with Crippen molar-refractivity contribution in [1.29, 1.82) is 0 Å². The fourth-order valence-electron chi connectivity index (χ4n) is 0.211. The first kappa shape index (κ1) is 9.23. The molecule has 1 amide bonds. The Labute approximate surface area is 70.4 Å². The summed E-state index contributed by atoms with van der Waals surface area (Å²) in [4.78, 5) is 10.3. The second-order valence-corrected chi connectivity index (χ2v) is 4.68. The number of nitrogens with one attached hydrogen (secondary N) is 1. The van der Waals surface area contributed by atoms with E-state index in [1.807, 2.05) is 0 Å². The summed E-state index contributed by atoms with van der Waals surface area (Å²) in [5.41, 5.74) is 0. The number of rotatable bonds is 2. The average molecular weight is 261 g/mol. The molecule has 0 atom stereocenters. The van der Waals surface area contributed by atoms with E-state index in [-0.39, 0.29) is 3.74 Å². The Kier molecular flexibility index (Phi) is 5.18.